The number of hydrogen-bond donors (Lipinski definition) is 1. The van der Waals surface area contributed by atoms with Crippen molar-refractivity contribution in [2.24, 2.45) is 0 Å². The summed E-state index contributed by atoms with van der Waals surface area (Å²) in [6.07, 6.45) is 1.29. The number of fused-ring (bicyclic) bond motifs is 1. The standard InChI is InChI=1S/C13H15BrN2O2/c1-3-12(18)16-5-4-9-6-10(14)7-11(13(9)16)15-8(2)17/h6-7H,3-5H2,1-2H3,(H,15,17). The Hall–Kier alpha value is -1.36. The molecule has 5 heteroatoms. The first-order valence-electron chi connectivity index (χ1n) is 5.93. The number of nitrogens with zero attached hydrogens (tertiary/aromatic N) is 1. The van der Waals surface area contributed by atoms with Crippen molar-refractivity contribution in [3.63, 3.8) is 0 Å². The Morgan fingerprint density at radius 2 is 2.17 bits per heavy atom. The lowest BCUT2D eigenvalue weighted by atomic mass is 10.1. The van der Waals surface area contributed by atoms with E-state index in [4.69, 9.17) is 0 Å². The molecule has 0 unspecified atom stereocenters. The second-order valence-corrected chi connectivity index (χ2v) is 5.21. The zero-order chi connectivity index (χ0) is 13.3. The number of carbonyl (C=O) groups excluding carboxylic acids is 2. The van der Waals surface area contributed by atoms with E-state index < -0.39 is 0 Å². The van der Waals surface area contributed by atoms with E-state index in [0.29, 0.717) is 18.7 Å². The number of carbonyl (C=O) groups is 2. The smallest absolute Gasteiger partial charge is 0.226 e. The van der Waals surface area contributed by atoms with Gasteiger partial charge < -0.3 is 10.2 Å². The molecule has 0 atom stereocenters. The maximum absolute atomic E-state index is 11.9. The lowest BCUT2D eigenvalue weighted by Crippen LogP contribution is -2.28. The third kappa shape index (κ3) is 2.41. The van der Waals surface area contributed by atoms with Crippen LogP contribution in [0.4, 0.5) is 11.4 Å². The number of nitrogens with one attached hydrogen (secondary N) is 1. The number of amides is 2. The quantitative estimate of drug-likeness (QED) is 0.913. The molecule has 2 rings (SSSR count). The molecule has 1 aromatic carbocycles. The molecule has 0 aliphatic carbocycles. The van der Waals surface area contributed by atoms with Gasteiger partial charge in [-0.2, -0.15) is 0 Å². The van der Waals surface area contributed by atoms with E-state index in [0.717, 1.165) is 22.1 Å². The Balaban J connectivity index is 2.48. The average molecular weight is 311 g/mol. The topological polar surface area (TPSA) is 49.4 Å². The summed E-state index contributed by atoms with van der Waals surface area (Å²) in [5, 5.41) is 2.79. The molecule has 0 bridgehead atoms. The van der Waals surface area contributed by atoms with E-state index in [1.54, 1.807) is 4.90 Å². The first kappa shape index (κ1) is 13.1. The fraction of sp³-hybridized carbons (Fsp3) is 0.385. The summed E-state index contributed by atoms with van der Waals surface area (Å²) >= 11 is 3.42. The molecule has 0 fully saturated rings. The maximum Gasteiger partial charge on any atom is 0.226 e. The highest BCUT2D eigenvalue weighted by Crippen LogP contribution is 2.38. The van der Waals surface area contributed by atoms with E-state index in [-0.39, 0.29) is 11.8 Å². The van der Waals surface area contributed by atoms with Crippen LogP contribution < -0.4 is 10.2 Å². The van der Waals surface area contributed by atoms with Gasteiger partial charge in [0.1, 0.15) is 0 Å². The van der Waals surface area contributed by atoms with Gasteiger partial charge in [-0.05, 0) is 24.1 Å². The summed E-state index contributed by atoms with van der Waals surface area (Å²) in [4.78, 5) is 24.9. The molecule has 0 spiro atoms. The third-order valence-corrected chi connectivity index (χ3v) is 3.40. The molecular formula is C13H15BrN2O2. The minimum Gasteiger partial charge on any atom is -0.324 e. The third-order valence-electron chi connectivity index (χ3n) is 2.94. The number of benzene rings is 1. The van der Waals surface area contributed by atoms with E-state index in [9.17, 15) is 9.59 Å². The zero-order valence-electron chi connectivity index (χ0n) is 10.4. The zero-order valence-corrected chi connectivity index (χ0v) is 12.0. The Bertz CT molecular complexity index is 514. The summed E-state index contributed by atoms with van der Waals surface area (Å²) in [5.74, 6) is -0.0474. The number of anilines is 2. The SMILES string of the molecule is CCC(=O)N1CCc2cc(Br)cc(NC(C)=O)c21. The molecule has 0 radical (unpaired) electrons. The van der Waals surface area contributed by atoms with Gasteiger partial charge in [0.15, 0.2) is 0 Å². The normalized spacial score (nSPS) is 13.4. The van der Waals surface area contributed by atoms with Gasteiger partial charge in [0, 0.05) is 24.4 Å². The van der Waals surface area contributed by atoms with E-state index in [2.05, 4.69) is 21.2 Å². The van der Waals surface area contributed by atoms with Crippen LogP contribution in [-0.4, -0.2) is 18.4 Å². The predicted molar refractivity (Wildman–Crippen MR) is 74.8 cm³/mol. The Kier molecular flexibility index (Phi) is 3.71. The summed E-state index contributed by atoms with van der Waals surface area (Å²) in [7, 11) is 0. The van der Waals surface area contributed by atoms with Crippen LogP contribution in [-0.2, 0) is 16.0 Å². The average Bonchev–Trinajstić information content (AvgIpc) is 2.70. The van der Waals surface area contributed by atoms with Crippen molar-refractivity contribution in [2.45, 2.75) is 26.7 Å². The van der Waals surface area contributed by atoms with Crippen LogP contribution in [0.3, 0.4) is 0 Å². The van der Waals surface area contributed by atoms with Gasteiger partial charge in [-0.3, -0.25) is 9.59 Å². The van der Waals surface area contributed by atoms with E-state index in [1.807, 2.05) is 19.1 Å². The largest absolute Gasteiger partial charge is 0.324 e. The van der Waals surface area contributed by atoms with Crippen LogP contribution in [0.2, 0.25) is 0 Å². The Morgan fingerprint density at radius 3 is 2.78 bits per heavy atom. The first-order chi connectivity index (χ1) is 8.52. The van der Waals surface area contributed by atoms with Gasteiger partial charge in [0.25, 0.3) is 0 Å². The van der Waals surface area contributed by atoms with Gasteiger partial charge in [0.2, 0.25) is 11.8 Å². The lowest BCUT2D eigenvalue weighted by Gasteiger charge is -2.20. The van der Waals surface area contributed by atoms with Crippen molar-refractivity contribution in [1.29, 1.82) is 0 Å². The number of halogens is 1. The van der Waals surface area contributed by atoms with Crippen molar-refractivity contribution >= 4 is 39.1 Å². The van der Waals surface area contributed by atoms with Crippen LogP contribution in [0.15, 0.2) is 16.6 Å². The predicted octanol–water partition coefficient (Wildman–Crippen LogP) is 2.71. The number of hydrogen-bond acceptors (Lipinski definition) is 2. The first-order valence-corrected chi connectivity index (χ1v) is 6.72. The van der Waals surface area contributed by atoms with Crippen molar-refractivity contribution in [3.05, 3.63) is 22.2 Å². The van der Waals surface area contributed by atoms with Crippen LogP contribution in [0, 0.1) is 0 Å². The van der Waals surface area contributed by atoms with Gasteiger partial charge in [0.05, 0.1) is 11.4 Å². The lowest BCUT2D eigenvalue weighted by molar-refractivity contribution is -0.118. The van der Waals surface area contributed by atoms with E-state index in [1.165, 1.54) is 6.92 Å². The minimum atomic E-state index is -0.133. The molecule has 1 aliphatic rings. The molecule has 4 nitrogen and oxygen atoms in total. The second kappa shape index (κ2) is 5.10. The van der Waals surface area contributed by atoms with Crippen LogP contribution in [0.5, 0.6) is 0 Å². The minimum absolute atomic E-state index is 0.0858. The molecule has 1 N–H and O–H groups in total. The van der Waals surface area contributed by atoms with Crippen molar-refractivity contribution in [2.75, 3.05) is 16.8 Å². The molecule has 0 saturated heterocycles. The van der Waals surface area contributed by atoms with Gasteiger partial charge in [-0.25, -0.2) is 0 Å². The van der Waals surface area contributed by atoms with Gasteiger partial charge in [-0.1, -0.05) is 22.9 Å². The molecule has 18 heavy (non-hydrogen) atoms. The highest BCUT2D eigenvalue weighted by molar-refractivity contribution is 9.10. The summed E-state index contributed by atoms with van der Waals surface area (Å²) in [6, 6.07) is 3.84. The molecular weight excluding hydrogens is 296 g/mol. The maximum atomic E-state index is 11.9. The number of rotatable bonds is 2. The summed E-state index contributed by atoms with van der Waals surface area (Å²) < 4.78 is 0.913. The molecule has 1 aliphatic heterocycles. The second-order valence-electron chi connectivity index (χ2n) is 4.29. The van der Waals surface area contributed by atoms with Crippen LogP contribution >= 0.6 is 15.9 Å². The Morgan fingerprint density at radius 1 is 1.44 bits per heavy atom. The van der Waals surface area contributed by atoms with Crippen molar-refractivity contribution in [1.82, 2.24) is 0 Å². The summed E-state index contributed by atoms with van der Waals surface area (Å²) in [5.41, 5.74) is 2.64. The summed E-state index contributed by atoms with van der Waals surface area (Å²) in [6.45, 7) is 4.00. The highest BCUT2D eigenvalue weighted by atomic mass is 79.9. The molecule has 0 saturated carbocycles. The fourth-order valence-electron chi connectivity index (χ4n) is 2.23. The monoisotopic (exact) mass is 310 g/mol. The Labute approximate surface area is 114 Å². The molecule has 96 valence electrons. The molecule has 1 aromatic rings. The van der Waals surface area contributed by atoms with Crippen molar-refractivity contribution < 1.29 is 9.59 Å². The van der Waals surface area contributed by atoms with E-state index >= 15 is 0 Å². The van der Waals surface area contributed by atoms with Crippen LogP contribution in [0.1, 0.15) is 25.8 Å². The molecule has 2 amide bonds. The highest BCUT2D eigenvalue weighted by Gasteiger charge is 2.27. The van der Waals surface area contributed by atoms with Gasteiger partial charge >= 0.3 is 0 Å². The van der Waals surface area contributed by atoms with Gasteiger partial charge in [-0.15, -0.1) is 0 Å². The fourth-order valence-corrected chi connectivity index (χ4v) is 2.74. The van der Waals surface area contributed by atoms with Crippen LogP contribution in [0.25, 0.3) is 0 Å². The molecule has 1 heterocycles. The molecule has 0 aromatic heterocycles. The van der Waals surface area contributed by atoms with Crippen molar-refractivity contribution in [3.8, 4) is 0 Å².